The van der Waals surface area contributed by atoms with Gasteiger partial charge in [-0.05, 0) is 30.5 Å². The first kappa shape index (κ1) is 15.5. The van der Waals surface area contributed by atoms with E-state index in [1.807, 2.05) is 24.3 Å². The number of anilines is 2. The van der Waals surface area contributed by atoms with E-state index in [4.69, 9.17) is 0 Å². The van der Waals surface area contributed by atoms with Crippen molar-refractivity contribution in [2.45, 2.75) is 32.9 Å². The molecule has 1 heterocycles. The Labute approximate surface area is 136 Å². The van der Waals surface area contributed by atoms with Crippen molar-refractivity contribution in [3.05, 3.63) is 59.9 Å². The molecule has 0 saturated carbocycles. The number of hydrogen-bond acceptors (Lipinski definition) is 2. The Bertz CT molecular complexity index is 714. The smallest absolute Gasteiger partial charge is 0.249 e. The third kappa shape index (κ3) is 3.21. The van der Waals surface area contributed by atoms with Crippen LogP contribution in [0.2, 0.25) is 0 Å². The number of halogens is 1. The maximum atomic E-state index is 14.0. The van der Waals surface area contributed by atoms with Gasteiger partial charge in [0.1, 0.15) is 11.9 Å². The largest absolute Gasteiger partial charge is 0.372 e. The van der Waals surface area contributed by atoms with Crippen LogP contribution in [0.15, 0.2) is 48.5 Å². The van der Waals surface area contributed by atoms with Gasteiger partial charge in [-0.3, -0.25) is 4.79 Å². The van der Waals surface area contributed by atoms with Gasteiger partial charge in [0, 0.05) is 5.56 Å². The highest BCUT2D eigenvalue weighted by atomic mass is 19.1. The van der Waals surface area contributed by atoms with Gasteiger partial charge in [-0.1, -0.05) is 44.2 Å². The molecule has 1 amide bonds. The van der Waals surface area contributed by atoms with Gasteiger partial charge in [-0.15, -0.1) is 0 Å². The maximum absolute atomic E-state index is 14.0. The van der Waals surface area contributed by atoms with Crippen LogP contribution >= 0.6 is 0 Å². The fourth-order valence-corrected chi connectivity index (χ4v) is 2.98. The van der Waals surface area contributed by atoms with E-state index in [0.717, 1.165) is 17.8 Å². The maximum Gasteiger partial charge on any atom is 0.249 e. The molecule has 0 bridgehead atoms. The minimum absolute atomic E-state index is 0.000605. The van der Waals surface area contributed by atoms with Crippen molar-refractivity contribution < 1.29 is 9.18 Å². The van der Waals surface area contributed by atoms with Crippen molar-refractivity contribution in [3.8, 4) is 0 Å². The monoisotopic (exact) mass is 312 g/mol. The summed E-state index contributed by atoms with van der Waals surface area (Å²) in [5.41, 5.74) is 2.26. The molecule has 0 aliphatic carbocycles. The average molecular weight is 312 g/mol. The van der Waals surface area contributed by atoms with Crippen LogP contribution in [0.25, 0.3) is 0 Å². The first-order valence-electron chi connectivity index (χ1n) is 7.96. The van der Waals surface area contributed by atoms with Crippen molar-refractivity contribution in [1.29, 1.82) is 0 Å². The zero-order chi connectivity index (χ0) is 16.4. The molecule has 2 aromatic carbocycles. The molecule has 0 aromatic heterocycles. The van der Waals surface area contributed by atoms with Crippen LogP contribution in [0.5, 0.6) is 0 Å². The Hall–Kier alpha value is -2.36. The van der Waals surface area contributed by atoms with Gasteiger partial charge >= 0.3 is 0 Å². The first-order valence-corrected chi connectivity index (χ1v) is 7.96. The van der Waals surface area contributed by atoms with Crippen molar-refractivity contribution >= 4 is 17.3 Å². The lowest BCUT2D eigenvalue weighted by molar-refractivity contribution is -0.120. The molecule has 1 N–H and O–H groups in total. The highest BCUT2D eigenvalue weighted by molar-refractivity contribution is 6.04. The summed E-state index contributed by atoms with van der Waals surface area (Å²) < 4.78 is 14.0. The summed E-state index contributed by atoms with van der Waals surface area (Å²) in [6, 6.07) is 14.0. The van der Waals surface area contributed by atoms with Gasteiger partial charge < -0.3 is 10.2 Å². The summed E-state index contributed by atoms with van der Waals surface area (Å²) in [6.07, 6.45) is 0.751. The predicted octanol–water partition coefficient (Wildman–Crippen LogP) is 4.20. The molecule has 1 aliphatic rings. The molecule has 3 rings (SSSR count). The molecular formula is C19H21FN2O. The first-order chi connectivity index (χ1) is 11.1. The van der Waals surface area contributed by atoms with Crippen molar-refractivity contribution in [2.75, 3.05) is 10.2 Å². The minimum Gasteiger partial charge on any atom is -0.372 e. The molecule has 1 aliphatic heterocycles. The van der Waals surface area contributed by atoms with E-state index in [0.29, 0.717) is 11.5 Å². The molecule has 4 heteroatoms. The molecule has 0 fully saturated rings. The number of nitrogens with zero attached hydrogens (tertiary/aromatic N) is 1. The van der Waals surface area contributed by atoms with Crippen LogP contribution in [-0.2, 0) is 11.3 Å². The normalized spacial score (nSPS) is 17.1. The number of para-hydroxylation sites is 2. The molecule has 23 heavy (non-hydrogen) atoms. The number of carbonyl (C=O) groups excluding carboxylic acids is 1. The van der Waals surface area contributed by atoms with Gasteiger partial charge in [0.2, 0.25) is 5.91 Å². The highest BCUT2D eigenvalue weighted by Crippen LogP contribution is 2.34. The van der Waals surface area contributed by atoms with E-state index < -0.39 is 0 Å². The van der Waals surface area contributed by atoms with Crippen LogP contribution in [0.3, 0.4) is 0 Å². The number of carbonyl (C=O) groups is 1. The number of fused-ring (bicyclic) bond motifs is 1. The Morgan fingerprint density at radius 3 is 2.57 bits per heavy atom. The minimum atomic E-state index is -0.281. The number of benzene rings is 2. The molecule has 1 unspecified atom stereocenters. The van der Waals surface area contributed by atoms with E-state index in [9.17, 15) is 9.18 Å². The number of hydrogen-bond donors (Lipinski definition) is 1. The SMILES string of the molecule is CC(C)CC1Nc2ccccc2N(Cc2ccccc2F)C1=O. The van der Waals surface area contributed by atoms with Crippen molar-refractivity contribution in [2.24, 2.45) is 5.92 Å². The Morgan fingerprint density at radius 1 is 1.13 bits per heavy atom. The third-order valence-electron chi connectivity index (χ3n) is 4.08. The topological polar surface area (TPSA) is 32.3 Å². The van der Waals surface area contributed by atoms with Crippen molar-refractivity contribution in [3.63, 3.8) is 0 Å². The number of rotatable bonds is 4. The lowest BCUT2D eigenvalue weighted by atomic mass is 9.99. The molecule has 2 aromatic rings. The molecule has 0 radical (unpaired) electrons. The average Bonchev–Trinajstić information content (AvgIpc) is 2.52. The molecule has 120 valence electrons. The Morgan fingerprint density at radius 2 is 1.83 bits per heavy atom. The third-order valence-corrected chi connectivity index (χ3v) is 4.08. The number of nitrogens with one attached hydrogen (secondary N) is 1. The molecule has 3 nitrogen and oxygen atoms in total. The van der Waals surface area contributed by atoms with Gasteiger partial charge in [-0.25, -0.2) is 4.39 Å². The zero-order valence-corrected chi connectivity index (χ0v) is 13.4. The fourth-order valence-electron chi connectivity index (χ4n) is 2.98. The second kappa shape index (κ2) is 6.41. The summed E-state index contributed by atoms with van der Waals surface area (Å²) in [5, 5.41) is 3.32. The van der Waals surface area contributed by atoms with E-state index >= 15 is 0 Å². The van der Waals surface area contributed by atoms with Crippen LogP contribution in [0, 0.1) is 11.7 Å². The standard InChI is InChI=1S/C19H21FN2O/c1-13(2)11-17-19(23)22(12-14-7-3-4-8-15(14)20)18-10-6-5-9-16(18)21-17/h3-10,13,17,21H,11-12H2,1-2H3. The summed E-state index contributed by atoms with van der Waals surface area (Å²) in [6.45, 7) is 4.44. The second-order valence-electron chi connectivity index (χ2n) is 6.36. The highest BCUT2D eigenvalue weighted by Gasteiger charge is 2.32. The Kier molecular flexibility index (Phi) is 4.33. The molecule has 0 saturated heterocycles. The van der Waals surface area contributed by atoms with E-state index in [1.54, 1.807) is 23.1 Å². The second-order valence-corrected chi connectivity index (χ2v) is 6.36. The predicted molar refractivity (Wildman–Crippen MR) is 90.9 cm³/mol. The Balaban J connectivity index is 1.96. The van der Waals surface area contributed by atoms with Gasteiger partial charge in [0.15, 0.2) is 0 Å². The van der Waals surface area contributed by atoms with E-state index in [-0.39, 0.29) is 24.3 Å². The summed E-state index contributed by atoms with van der Waals surface area (Å²) in [7, 11) is 0. The van der Waals surface area contributed by atoms with Crippen LogP contribution in [0.4, 0.5) is 15.8 Å². The molecule has 1 atom stereocenters. The van der Waals surface area contributed by atoms with Crippen LogP contribution < -0.4 is 10.2 Å². The van der Waals surface area contributed by atoms with Crippen molar-refractivity contribution in [1.82, 2.24) is 0 Å². The van der Waals surface area contributed by atoms with Crippen LogP contribution in [0.1, 0.15) is 25.8 Å². The lowest BCUT2D eigenvalue weighted by Gasteiger charge is -2.36. The van der Waals surface area contributed by atoms with Gasteiger partial charge in [0.05, 0.1) is 17.9 Å². The summed E-state index contributed by atoms with van der Waals surface area (Å²) in [5.74, 6) is 0.120. The summed E-state index contributed by atoms with van der Waals surface area (Å²) >= 11 is 0. The molecule has 0 spiro atoms. The quantitative estimate of drug-likeness (QED) is 0.917. The molecular weight excluding hydrogens is 291 g/mol. The van der Waals surface area contributed by atoms with Crippen LogP contribution in [-0.4, -0.2) is 11.9 Å². The van der Waals surface area contributed by atoms with Gasteiger partial charge in [0.25, 0.3) is 0 Å². The fraction of sp³-hybridized carbons (Fsp3) is 0.316. The van der Waals surface area contributed by atoms with E-state index in [2.05, 4.69) is 19.2 Å². The zero-order valence-electron chi connectivity index (χ0n) is 13.4. The lowest BCUT2D eigenvalue weighted by Crippen LogP contribution is -2.47. The van der Waals surface area contributed by atoms with E-state index in [1.165, 1.54) is 6.07 Å². The van der Waals surface area contributed by atoms with Gasteiger partial charge in [-0.2, -0.15) is 0 Å². The summed E-state index contributed by atoms with van der Waals surface area (Å²) in [4.78, 5) is 14.6. The number of amides is 1.